The maximum atomic E-state index is 12.6. The zero-order valence-corrected chi connectivity index (χ0v) is 16.4. The lowest BCUT2D eigenvalue weighted by molar-refractivity contribution is 0.0784. The van der Waals surface area contributed by atoms with Crippen molar-refractivity contribution in [1.29, 1.82) is 0 Å². The molecule has 0 spiro atoms. The Morgan fingerprint density at radius 2 is 1.83 bits per heavy atom. The minimum Gasteiger partial charge on any atom is -0.370 e. The Kier molecular flexibility index (Phi) is 5.56. The number of fused-ring (bicyclic) bond motifs is 1. The van der Waals surface area contributed by atoms with Crippen LogP contribution in [0.15, 0.2) is 79.1 Å². The molecule has 0 unspecified atom stereocenters. The molecule has 5 heteroatoms. The lowest BCUT2D eigenvalue weighted by Crippen LogP contribution is -2.26. The van der Waals surface area contributed by atoms with Gasteiger partial charge in [-0.1, -0.05) is 48.5 Å². The standard InChI is InChI=1S/C24H24N4O/c1-28(17-18-7-3-2-4-8-18)24(29)20-11-12-23(27-16-20)25-14-13-19-15-26-22-10-6-5-9-21(19)22/h2-12,15-16,26H,13-14,17H2,1H3,(H,25,27). The van der Waals surface area contributed by atoms with Crippen molar-refractivity contribution in [2.45, 2.75) is 13.0 Å². The Bertz CT molecular complexity index is 1090. The van der Waals surface area contributed by atoms with Crippen molar-refractivity contribution in [3.63, 3.8) is 0 Å². The third-order valence-corrected chi connectivity index (χ3v) is 5.00. The first-order valence-corrected chi connectivity index (χ1v) is 9.75. The monoisotopic (exact) mass is 384 g/mol. The van der Waals surface area contributed by atoms with Crippen LogP contribution in [0.1, 0.15) is 21.5 Å². The molecule has 5 nitrogen and oxygen atoms in total. The number of aromatic amines is 1. The SMILES string of the molecule is CN(Cc1ccccc1)C(=O)c1ccc(NCCc2c[nH]c3ccccc23)nc1. The van der Waals surface area contributed by atoms with Crippen molar-refractivity contribution >= 4 is 22.6 Å². The number of hydrogen-bond donors (Lipinski definition) is 2. The molecule has 0 atom stereocenters. The van der Waals surface area contributed by atoms with E-state index in [1.165, 1.54) is 10.9 Å². The zero-order chi connectivity index (χ0) is 20.1. The highest BCUT2D eigenvalue weighted by molar-refractivity contribution is 5.93. The van der Waals surface area contributed by atoms with Gasteiger partial charge in [0.05, 0.1) is 5.56 Å². The van der Waals surface area contributed by atoms with Gasteiger partial charge in [-0.05, 0) is 35.7 Å². The van der Waals surface area contributed by atoms with E-state index >= 15 is 0 Å². The normalized spacial score (nSPS) is 10.8. The van der Waals surface area contributed by atoms with Gasteiger partial charge in [0, 0.05) is 43.4 Å². The molecule has 2 N–H and O–H groups in total. The summed E-state index contributed by atoms with van der Waals surface area (Å²) in [4.78, 5) is 22.0. The van der Waals surface area contributed by atoms with E-state index in [2.05, 4.69) is 39.7 Å². The molecule has 4 aromatic rings. The minimum atomic E-state index is -0.0355. The number of para-hydroxylation sites is 1. The molecule has 0 aliphatic heterocycles. The summed E-state index contributed by atoms with van der Waals surface area (Å²) in [6.45, 7) is 1.35. The Hall–Kier alpha value is -3.60. The van der Waals surface area contributed by atoms with Gasteiger partial charge in [-0.2, -0.15) is 0 Å². The van der Waals surface area contributed by atoms with E-state index in [1.807, 2.05) is 55.6 Å². The Labute approximate surface area is 170 Å². The molecular weight excluding hydrogens is 360 g/mol. The van der Waals surface area contributed by atoms with Crippen molar-refractivity contribution in [2.24, 2.45) is 0 Å². The number of nitrogens with zero attached hydrogens (tertiary/aromatic N) is 2. The molecule has 146 valence electrons. The van der Waals surface area contributed by atoms with Crippen LogP contribution < -0.4 is 5.32 Å². The van der Waals surface area contributed by atoms with Crippen LogP contribution in [0.3, 0.4) is 0 Å². The molecule has 4 rings (SSSR count). The molecule has 29 heavy (non-hydrogen) atoms. The molecule has 1 amide bonds. The molecule has 2 heterocycles. The maximum Gasteiger partial charge on any atom is 0.255 e. The van der Waals surface area contributed by atoms with Crippen LogP contribution in [0, 0.1) is 0 Å². The summed E-state index contributed by atoms with van der Waals surface area (Å²) in [5, 5.41) is 4.59. The summed E-state index contributed by atoms with van der Waals surface area (Å²) in [6, 6.07) is 21.9. The largest absolute Gasteiger partial charge is 0.370 e. The summed E-state index contributed by atoms with van der Waals surface area (Å²) in [6.07, 6.45) is 4.59. The number of anilines is 1. The Balaban J connectivity index is 1.32. The van der Waals surface area contributed by atoms with E-state index < -0.39 is 0 Å². The van der Waals surface area contributed by atoms with Gasteiger partial charge in [0.25, 0.3) is 5.91 Å². The number of aromatic nitrogens is 2. The predicted molar refractivity (Wildman–Crippen MR) is 117 cm³/mol. The van der Waals surface area contributed by atoms with Gasteiger partial charge >= 0.3 is 0 Å². The number of H-pyrrole nitrogens is 1. The lowest BCUT2D eigenvalue weighted by Gasteiger charge is -2.17. The fourth-order valence-electron chi connectivity index (χ4n) is 3.44. The molecule has 0 saturated carbocycles. The predicted octanol–water partition coefficient (Wildman–Crippen LogP) is 4.49. The highest BCUT2D eigenvalue weighted by Crippen LogP contribution is 2.18. The lowest BCUT2D eigenvalue weighted by atomic mass is 10.1. The molecule has 0 saturated heterocycles. The van der Waals surface area contributed by atoms with E-state index in [0.717, 1.165) is 29.9 Å². The molecule has 0 bridgehead atoms. The number of carbonyl (C=O) groups is 1. The van der Waals surface area contributed by atoms with Crippen LogP contribution in [0.25, 0.3) is 10.9 Å². The van der Waals surface area contributed by atoms with Gasteiger partial charge in [0.15, 0.2) is 0 Å². The molecule has 2 aromatic heterocycles. The summed E-state index contributed by atoms with van der Waals surface area (Å²) in [5.41, 5.74) is 4.13. The third-order valence-electron chi connectivity index (χ3n) is 5.00. The average Bonchev–Trinajstić information content (AvgIpc) is 3.18. The fourth-order valence-corrected chi connectivity index (χ4v) is 3.44. The molecule has 2 aromatic carbocycles. The van der Waals surface area contributed by atoms with Gasteiger partial charge in [-0.25, -0.2) is 4.98 Å². The fraction of sp³-hybridized carbons (Fsp3) is 0.167. The van der Waals surface area contributed by atoms with E-state index in [9.17, 15) is 4.79 Å². The smallest absolute Gasteiger partial charge is 0.255 e. The summed E-state index contributed by atoms with van der Waals surface area (Å²) in [7, 11) is 1.81. The molecule has 0 aliphatic rings. The van der Waals surface area contributed by atoms with Crippen LogP contribution in [0.4, 0.5) is 5.82 Å². The van der Waals surface area contributed by atoms with Crippen LogP contribution in [-0.4, -0.2) is 34.4 Å². The van der Waals surface area contributed by atoms with Crippen LogP contribution in [0.2, 0.25) is 0 Å². The van der Waals surface area contributed by atoms with E-state index in [0.29, 0.717) is 12.1 Å². The van der Waals surface area contributed by atoms with Crippen LogP contribution in [-0.2, 0) is 13.0 Å². The van der Waals surface area contributed by atoms with Crippen molar-refractivity contribution in [1.82, 2.24) is 14.9 Å². The van der Waals surface area contributed by atoms with E-state index in [-0.39, 0.29) is 5.91 Å². The van der Waals surface area contributed by atoms with Crippen molar-refractivity contribution < 1.29 is 4.79 Å². The minimum absolute atomic E-state index is 0.0355. The second-order valence-corrected chi connectivity index (χ2v) is 7.12. The first-order chi connectivity index (χ1) is 14.2. The van der Waals surface area contributed by atoms with Crippen LogP contribution >= 0.6 is 0 Å². The summed E-state index contributed by atoms with van der Waals surface area (Å²) in [5.74, 6) is 0.735. The number of carbonyl (C=O) groups excluding carboxylic acids is 1. The first kappa shape index (κ1) is 18.7. The van der Waals surface area contributed by atoms with Crippen molar-refractivity contribution in [2.75, 3.05) is 18.9 Å². The number of hydrogen-bond acceptors (Lipinski definition) is 3. The summed E-state index contributed by atoms with van der Waals surface area (Å²) >= 11 is 0. The number of amides is 1. The molecule has 0 aliphatic carbocycles. The second kappa shape index (κ2) is 8.61. The van der Waals surface area contributed by atoms with Crippen molar-refractivity contribution in [3.8, 4) is 0 Å². The third kappa shape index (κ3) is 4.46. The molecule has 0 radical (unpaired) electrons. The zero-order valence-electron chi connectivity index (χ0n) is 16.4. The van der Waals surface area contributed by atoms with Crippen molar-refractivity contribution in [3.05, 3.63) is 95.8 Å². The topological polar surface area (TPSA) is 61.0 Å². The molecule has 0 fully saturated rings. The van der Waals surface area contributed by atoms with Gasteiger partial charge in [0.1, 0.15) is 5.82 Å². The maximum absolute atomic E-state index is 12.6. The van der Waals surface area contributed by atoms with Crippen LogP contribution in [0.5, 0.6) is 0 Å². The number of rotatable bonds is 7. The van der Waals surface area contributed by atoms with Gasteiger partial charge in [-0.3, -0.25) is 4.79 Å². The van der Waals surface area contributed by atoms with Gasteiger partial charge in [0.2, 0.25) is 0 Å². The van der Waals surface area contributed by atoms with Gasteiger partial charge in [-0.15, -0.1) is 0 Å². The summed E-state index contributed by atoms with van der Waals surface area (Å²) < 4.78 is 0. The number of benzene rings is 2. The number of nitrogens with one attached hydrogen (secondary N) is 2. The van der Waals surface area contributed by atoms with E-state index in [1.54, 1.807) is 11.1 Å². The highest BCUT2D eigenvalue weighted by Gasteiger charge is 2.12. The van der Waals surface area contributed by atoms with Gasteiger partial charge < -0.3 is 15.2 Å². The Morgan fingerprint density at radius 1 is 1.03 bits per heavy atom. The highest BCUT2D eigenvalue weighted by atomic mass is 16.2. The quantitative estimate of drug-likeness (QED) is 0.493. The van der Waals surface area contributed by atoms with E-state index in [4.69, 9.17) is 0 Å². The first-order valence-electron chi connectivity index (χ1n) is 9.75. The second-order valence-electron chi connectivity index (χ2n) is 7.12. The Morgan fingerprint density at radius 3 is 2.62 bits per heavy atom. The average molecular weight is 384 g/mol. The molecular formula is C24H24N4O. The number of pyridine rings is 1.